The zero-order valence-electron chi connectivity index (χ0n) is 8.90. The summed E-state index contributed by atoms with van der Waals surface area (Å²) in [5, 5.41) is 9.14. The minimum atomic E-state index is -0.482. The maximum Gasteiger partial charge on any atom is 0.125 e. The van der Waals surface area contributed by atoms with Gasteiger partial charge in [0.2, 0.25) is 0 Å². The number of nitrogens with two attached hydrogens (primary N) is 1. The summed E-state index contributed by atoms with van der Waals surface area (Å²) in [6, 6.07) is 5.63. The van der Waals surface area contributed by atoms with Crippen LogP contribution in [0.25, 0.3) is 0 Å². The Balaban J connectivity index is 2.87. The van der Waals surface area contributed by atoms with E-state index in [1.54, 1.807) is 6.92 Å². The first-order chi connectivity index (χ1) is 7.00. The first-order valence-corrected chi connectivity index (χ1v) is 5.66. The van der Waals surface area contributed by atoms with Crippen molar-refractivity contribution < 1.29 is 9.84 Å². The quantitative estimate of drug-likeness (QED) is 0.885. The summed E-state index contributed by atoms with van der Waals surface area (Å²) < 4.78 is 6.42. The highest BCUT2D eigenvalue weighted by molar-refractivity contribution is 9.10. The van der Waals surface area contributed by atoms with Crippen molar-refractivity contribution in [3.63, 3.8) is 0 Å². The molecule has 4 heteroatoms. The lowest BCUT2D eigenvalue weighted by molar-refractivity contribution is 0.122. The highest BCUT2D eigenvalue weighted by atomic mass is 79.9. The van der Waals surface area contributed by atoms with Gasteiger partial charge >= 0.3 is 0 Å². The first kappa shape index (κ1) is 12.5. The highest BCUT2D eigenvalue weighted by Gasteiger charge is 2.09. The number of benzene rings is 1. The Kier molecular flexibility index (Phi) is 4.57. The van der Waals surface area contributed by atoms with E-state index in [2.05, 4.69) is 15.9 Å². The van der Waals surface area contributed by atoms with E-state index in [1.807, 2.05) is 25.1 Å². The normalized spacial score (nSPS) is 14.7. The molecule has 2 unspecified atom stereocenters. The van der Waals surface area contributed by atoms with Gasteiger partial charge < -0.3 is 15.6 Å². The van der Waals surface area contributed by atoms with E-state index in [4.69, 9.17) is 15.6 Å². The summed E-state index contributed by atoms with van der Waals surface area (Å²) in [6.45, 7) is 3.86. The van der Waals surface area contributed by atoms with E-state index in [0.29, 0.717) is 0 Å². The summed E-state index contributed by atoms with van der Waals surface area (Å²) in [4.78, 5) is 0. The SMILES string of the molecule is CC(O)COc1cc(Br)ccc1C(C)N. The predicted octanol–water partition coefficient (Wildman–Crippen LogP) is 2.23. The van der Waals surface area contributed by atoms with Crippen LogP contribution in [0, 0.1) is 0 Å². The van der Waals surface area contributed by atoms with Crippen molar-refractivity contribution in [3.05, 3.63) is 28.2 Å². The second kappa shape index (κ2) is 5.49. The second-order valence-electron chi connectivity index (χ2n) is 3.63. The van der Waals surface area contributed by atoms with Crippen LogP contribution in [0.1, 0.15) is 25.5 Å². The molecule has 0 saturated carbocycles. The molecule has 0 aliphatic carbocycles. The van der Waals surface area contributed by atoms with E-state index in [0.717, 1.165) is 15.8 Å². The molecule has 84 valence electrons. The minimum Gasteiger partial charge on any atom is -0.491 e. The van der Waals surface area contributed by atoms with Gasteiger partial charge in [0.05, 0.1) is 6.10 Å². The van der Waals surface area contributed by atoms with Gasteiger partial charge in [-0.3, -0.25) is 0 Å². The van der Waals surface area contributed by atoms with E-state index >= 15 is 0 Å². The molecule has 3 N–H and O–H groups in total. The van der Waals surface area contributed by atoms with Gasteiger partial charge in [-0.25, -0.2) is 0 Å². The largest absolute Gasteiger partial charge is 0.491 e. The van der Waals surface area contributed by atoms with Gasteiger partial charge in [-0.15, -0.1) is 0 Å². The molecule has 0 aromatic heterocycles. The second-order valence-corrected chi connectivity index (χ2v) is 4.55. The fraction of sp³-hybridized carbons (Fsp3) is 0.455. The lowest BCUT2D eigenvalue weighted by Crippen LogP contribution is -2.15. The summed E-state index contributed by atoms with van der Waals surface area (Å²) in [7, 11) is 0. The van der Waals surface area contributed by atoms with E-state index in [-0.39, 0.29) is 12.6 Å². The molecule has 0 amide bonds. The van der Waals surface area contributed by atoms with Gasteiger partial charge in [0, 0.05) is 16.1 Å². The Morgan fingerprint density at radius 3 is 2.67 bits per heavy atom. The van der Waals surface area contributed by atoms with Crippen molar-refractivity contribution in [3.8, 4) is 5.75 Å². The maximum absolute atomic E-state index is 9.14. The Morgan fingerprint density at radius 1 is 1.47 bits per heavy atom. The Bertz CT molecular complexity index is 326. The van der Waals surface area contributed by atoms with Crippen molar-refractivity contribution >= 4 is 15.9 Å². The third-order valence-corrected chi connectivity index (χ3v) is 2.44. The van der Waals surface area contributed by atoms with Crippen LogP contribution in [0.15, 0.2) is 22.7 Å². The number of aliphatic hydroxyl groups excluding tert-OH is 1. The van der Waals surface area contributed by atoms with Crippen LogP contribution in [0.3, 0.4) is 0 Å². The van der Waals surface area contributed by atoms with Gasteiger partial charge in [0.1, 0.15) is 12.4 Å². The molecule has 0 fully saturated rings. The maximum atomic E-state index is 9.14. The molecule has 0 spiro atoms. The van der Waals surface area contributed by atoms with E-state index < -0.39 is 6.10 Å². The average Bonchev–Trinajstić information content (AvgIpc) is 2.14. The third kappa shape index (κ3) is 3.81. The van der Waals surface area contributed by atoms with Gasteiger partial charge in [-0.05, 0) is 26.0 Å². The lowest BCUT2D eigenvalue weighted by atomic mass is 10.1. The molecular weight excluding hydrogens is 258 g/mol. The van der Waals surface area contributed by atoms with Crippen LogP contribution < -0.4 is 10.5 Å². The molecule has 2 atom stereocenters. The van der Waals surface area contributed by atoms with E-state index in [9.17, 15) is 0 Å². The lowest BCUT2D eigenvalue weighted by Gasteiger charge is -2.15. The molecule has 0 saturated heterocycles. The summed E-state index contributed by atoms with van der Waals surface area (Å²) in [5.74, 6) is 0.722. The fourth-order valence-corrected chi connectivity index (χ4v) is 1.56. The first-order valence-electron chi connectivity index (χ1n) is 4.86. The molecular formula is C11H16BrNO2. The zero-order valence-corrected chi connectivity index (χ0v) is 10.5. The monoisotopic (exact) mass is 273 g/mol. The fourth-order valence-electron chi connectivity index (χ4n) is 1.22. The van der Waals surface area contributed by atoms with Crippen molar-refractivity contribution in [1.82, 2.24) is 0 Å². The van der Waals surface area contributed by atoms with Crippen molar-refractivity contribution in [2.45, 2.75) is 26.0 Å². The van der Waals surface area contributed by atoms with Crippen molar-refractivity contribution in [2.24, 2.45) is 5.73 Å². The predicted molar refractivity (Wildman–Crippen MR) is 63.9 cm³/mol. The number of halogens is 1. The summed E-state index contributed by atoms with van der Waals surface area (Å²) in [5.41, 5.74) is 6.76. The van der Waals surface area contributed by atoms with Crippen molar-refractivity contribution in [2.75, 3.05) is 6.61 Å². The van der Waals surface area contributed by atoms with Gasteiger partial charge in [0.25, 0.3) is 0 Å². The molecule has 3 nitrogen and oxygen atoms in total. The van der Waals surface area contributed by atoms with Crippen LogP contribution in [-0.4, -0.2) is 17.8 Å². The Labute approximate surface area is 98.4 Å². The topological polar surface area (TPSA) is 55.5 Å². The zero-order chi connectivity index (χ0) is 11.4. The minimum absolute atomic E-state index is 0.0814. The van der Waals surface area contributed by atoms with Crippen LogP contribution in [0.5, 0.6) is 5.75 Å². The standard InChI is InChI=1S/C11H16BrNO2/c1-7(14)6-15-11-5-9(12)3-4-10(11)8(2)13/h3-5,7-8,14H,6,13H2,1-2H3. The number of hydrogen-bond donors (Lipinski definition) is 2. The molecule has 0 bridgehead atoms. The van der Waals surface area contributed by atoms with Crippen LogP contribution in [-0.2, 0) is 0 Å². The summed E-state index contributed by atoms with van der Waals surface area (Å²) in [6.07, 6.45) is -0.482. The van der Waals surface area contributed by atoms with Crippen molar-refractivity contribution in [1.29, 1.82) is 0 Å². The Hall–Kier alpha value is -0.580. The van der Waals surface area contributed by atoms with Gasteiger partial charge in [-0.1, -0.05) is 22.0 Å². The average molecular weight is 274 g/mol. The van der Waals surface area contributed by atoms with Crippen LogP contribution in [0.2, 0.25) is 0 Å². The number of ether oxygens (including phenoxy) is 1. The Morgan fingerprint density at radius 2 is 2.13 bits per heavy atom. The number of aliphatic hydroxyl groups is 1. The molecule has 1 aromatic carbocycles. The highest BCUT2D eigenvalue weighted by Crippen LogP contribution is 2.27. The molecule has 1 aromatic rings. The van der Waals surface area contributed by atoms with E-state index in [1.165, 1.54) is 0 Å². The van der Waals surface area contributed by atoms with Gasteiger partial charge in [-0.2, -0.15) is 0 Å². The number of rotatable bonds is 4. The van der Waals surface area contributed by atoms with Crippen LogP contribution >= 0.6 is 15.9 Å². The van der Waals surface area contributed by atoms with Gasteiger partial charge in [0.15, 0.2) is 0 Å². The summed E-state index contributed by atoms with van der Waals surface area (Å²) >= 11 is 3.37. The molecule has 15 heavy (non-hydrogen) atoms. The third-order valence-electron chi connectivity index (χ3n) is 1.95. The molecule has 0 aliphatic heterocycles. The smallest absolute Gasteiger partial charge is 0.125 e. The molecule has 0 heterocycles. The molecule has 0 aliphatic rings. The number of hydrogen-bond acceptors (Lipinski definition) is 3. The molecule has 0 radical (unpaired) electrons. The van der Waals surface area contributed by atoms with Crippen LogP contribution in [0.4, 0.5) is 0 Å². The molecule has 1 rings (SSSR count).